The fourth-order valence-corrected chi connectivity index (χ4v) is 17.6. The second kappa shape index (κ2) is 49.0. The summed E-state index contributed by atoms with van der Waals surface area (Å²) in [6.07, 6.45) is 12.2. The van der Waals surface area contributed by atoms with Crippen LogP contribution in [0.15, 0.2) is 340 Å². The van der Waals surface area contributed by atoms with Crippen LogP contribution in [0, 0.1) is 52.5 Å². The average molecular weight is 1640 g/mol. The lowest BCUT2D eigenvalue weighted by Gasteiger charge is -2.36. The van der Waals surface area contributed by atoms with Crippen molar-refractivity contribution in [2.75, 3.05) is 78.7 Å². The number of aliphatic hydroxyl groups excluding tert-OH is 1. The highest BCUT2D eigenvalue weighted by Gasteiger charge is 2.30. The summed E-state index contributed by atoms with van der Waals surface area (Å²) in [5, 5.41) is 27.3. The Morgan fingerprint density at radius 1 is 0.328 bits per heavy atom. The van der Waals surface area contributed by atoms with Crippen LogP contribution in [0.1, 0.15) is 167 Å². The highest BCUT2D eigenvalue weighted by Crippen LogP contribution is 2.33. The summed E-state index contributed by atoms with van der Waals surface area (Å²) in [6.45, 7) is 15.2. The van der Waals surface area contributed by atoms with Gasteiger partial charge in [-0.1, -0.05) is 303 Å². The number of benzene rings is 12. The van der Waals surface area contributed by atoms with Crippen LogP contribution >= 0.6 is 0 Å². The van der Waals surface area contributed by atoms with Gasteiger partial charge in [-0.15, -0.1) is 0 Å². The molecule has 10 nitrogen and oxygen atoms in total. The van der Waals surface area contributed by atoms with Crippen LogP contribution in [0.2, 0.25) is 0 Å². The Morgan fingerprint density at radius 3 is 0.992 bits per heavy atom. The first-order chi connectivity index (χ1) is 60.1. The summed E-state index contributed by atoms with van der Waals surface area (Å²) in [5.41, 5.74) is 15.3. The lowest BCUT2D eigenvalue weighted by molar-refractivity contribution is -0.00577. The Morgan fingerprint density at radius 2 is 0.631 bits per heavy atom. The van der Waals surface area contributed by atoms with Gasteiger partial charge in [0.2, 0.25) is 0 Å². The summed E-state index contributed by atoms with van der Waals surface area (Å²) in [6, 6.07) is 117. The molecule has 13 heteroatoms. The van der Waals surface area contributed by atoms with Gasteiger partial charge in [-0.3, -0.25) is 19.6 Å². The van der Waals surface area contributed by atoms with Crippen LogP contribution in [0.3, 0.4) is 0 Å². The molecule has 4 aliphatic heterocycles. The van der Waals surface area contributed by atoms with Crippen molar-refractivity contribution in [3.63, 3.8) is 0 Å². The third-order valence-electron chi connectivity index (χ3n) is 24.7. The van der Waals surface area contributed by atoms with Crippen LogP contribution in [0.25, 0.3) is 0 Å². The first-order valence-electron chi connectivity index (χ1n) is 44.5. The number of nitriles is 1. The van der Waals surface area contributed by atoms with Crippen molar-refractivity contribution in [1.82, 2.24) is 30.2 Å². The largest absolute Gasteiger partial charge is 0.392 e. The van der Waals surface area contributed by atoms with E-state index < -0.39 is 11.6 Å². The van der Waals surface area contributed by atoms with Crippen molar-refractivity contribution in [1.29, 1.82) is 5.26 Å². The number of nitrogens with one attached hydrogen (secondary N) is 2. The van der Waals surface area contributed by atoms with E-state index in [1.807, 2.05) is 60.7 Å². The fourth-order valence-electron chi connectivity index (χ4n) is 17.6. The van der Waals surface area contributed by atoms with Gasteiger partial charge in [0.25, 0.3) is 0 Å². The first-order valence-corrected chi connectivity index (χ1v) is 44.5. The lowest BCUT2D eigenvalue weighted by atomic mass is 9.91. The van der Waals surface area contributed by atoms with E-state index in [0.717, 1.165) is 150 Å². The minimum absolute atomic E-state index is 0.00105. The number of ether oxygens (including phenoxy) is 2. The fraction of sp³-hybridized carbons (Fsp3) is 0.330. The minimum Gasteiger partial charge on any atom is -0.392 e. The number of halogens is 3. The third-order valence-corrected chi connectivity index (χ3v) is 24.7. The third kappa shape index (κ3) is 28.8. The second-order valence-electron chi connectivity index (χ2n) is 33.4. The Labute approximate surface area is 724 Å². The van der Waals surface area contributed by atoms with E-state index in [9.17, 15) is 18.3 Å². The number of hydrogen-bond acceptors (Lipinski definition) is 10. The van der Waals surface area contributed by atoms with Gasteiger partial charge >= 0.3 is 0 Å². The summed E-state index contributed by atoms with van der Waals surface area (Å²) >= 11 is 0. The molecule has 0 spiro atoms. The number of nitrogens with zero attached hydrogens (tertiary/aromatic N) is 5. The monoisotopic (exact) mass is 1630 g/mol. The molecular formula is C109H122F3N7O3. The van der Waals surface area contributed by atoms with Crippen molar-refractivity contribution in [2.45, 2.75) is 127 Å². The van der Waals surface area contributed by atoms with Crippen molar-refractivity contribution in [2.24, 2.45) is 23.7 Å². The molecule has 4 aliphatic rings. The maximum Gasteiger partial charge on any atom is 0.159 e. The van der Waals surface area contributed by atoms with E-state index in [4.69, 9.17) is 14.7 Å². The maximum absolute atomic E-state index is 13.4. The smallest absolute Gasteiger partial charge is 0.159 e. The summed E-state index contributed by atoms with van der Waals surface area (Å²) in [4.78, 5) is 9.71. The Kier molecular flexibility index (Phi) is 35.9. The molecule has 0 saturated carbocycles. The highest BCUT2D eigenvalue weighted by atomic mass is 19.2. The molecule has 16 rings (SSSR count). The Bertz CT molecular complexity index is 4730. The highest BCUT2D eigenvalue weighted by molar-refractivity contribution is 5.36. The molecule has 632 valence electrons. The maximum atomic E-state index is 13.4. The van der Waals surface area contributed by atoms with Crippen LogP contribution < -0.4 is 10.6 Å². The normalized spacial score (nSPS) is 16.5. The van der Waals surface area contributed by atoms with Gasteiger partial charge in [0.1, 0.15) is 18.0 Å². The number of aliphatic hydroxyl groups is 1. The van der Waals surface area contributed by atoms with E-state index in [2.05, 4.69) is 285 Å². The molecule has 2 atom stereocenters. The zero-order chi connectivity index (χ0) is 84.0. The molecular weight excluding hydrogens is 1510 g/mol. The molecule has 0 amide bonds. The van der Waals surface area contributed by atoms with Gasteiger partial charge in [0.15, 0.2) is 11.6 Å². The van der Waals surface area contributed by atoms with Gasteiger partial charge in [-0.2, -0.15) is 5.26 Å². The average Bonchev–Trinajstić information content (AvgIpc) is 0.851. The SMILES string of the molecule is Fc1ccc(CN2CCC(CCNC(c3ccccc3)c3ccccc3)CC2)cc1F.N#Cc1ccc(CN2CCC(CCOC(c3ccccc3)c3ccccc3)CC2)cc1.OC1CN(Cc2ccc(F)cc2)CCC1CCOC(c1ccccc1)c1ccccc1.c1ccc(CN2CCC(CCNC(c3ccccc3)c3ccccc3)CC2)cc1. The van der Waals surface area contributed by atoms with Crippen molar-refractivity contribution < 1.29 is 27.8 Å². The molecule has 0 bridgehead atoms. The predicted octanol–water partition coefficient (Wildman–Crippen LogP) is 22.8. The van der Waals surface area contributed by atoms with E-state index in [1.54, 1.807) is 6.07 Å². The van der Waals surface area contributed by atoms with Gasteiger partial charge < -0.3 is 25.2 Å². The van der Waals surface area contributed by atoms with Crippen molar-refractivity contribution in [3.05, 3.63) is 429 Å². The number of piperidine rings is 4. The van der Waals surface area contributed by atoms with Crippen LogP contribution in [0.5, 0.6) is 0 Å². The van der Waals surface area contributed by atoms with E-state index in [1.165, 1.54) is 114 Å². The standard InChI is InChI=1S/C28H30N2O.C27H30F2N2.C27H30FNO2.C27H32N2/c29-21-24-11-13-25(14-12-24)22-30-18-15-23(16-19-30)17-20-31-28(26-7-3-1-4-8-26)27-9-5-2-6-10-27;28-25-12-11-22(19-26(25)29)20-31-17-14-21(15-18-31)13-16-30-27(23-7-3-1-4-8-23)24-9-5-2-6-10-24;28-25-13-11-21(12-14-25)19-29-17-15-22(26(30)20-29)16-18-31-27(23-7-3-1-4-8-23)24-9-5-2-6-10-24;1-4-10-24(11-5-1)22-29-20-17-23(18-21-29)16-19-28-27(25-12-6-2-7-13-25)26-14-8-3-9-15-26/h1-14,23,28H,15-20,22H2;1-12,19,21,27,30H,13-18,20H2;1-14,22,26-27,30H,15-20H2;1-15,23,27-28H,16-22H2. The van der Waals surface area contributed by atoms with Crippen molar-refractivity contribution >= 4 is 0 Å². The summed E-state index contributed by atoms with van der Waals surface area (Å²) in [7, 11) is 0. The number of likely N-dealkylation sites (tertiary alicyclic amines) is 4. The predicted molar refractivity (Wildman–Crippen MR) is 489 cm³/mol. The molecule has 0 aliphatic carbocycles. The zero-order valence-electron chi connectivity index (χ0n) is 70.8. The lowest BCUT2D eigenvalue weighted by Crippen LogP contribution is -2.43. The van der Waals surface area contributed by atoms with Crippen LogP contribution in [0.4, 0.5) is 13.2 Å². The molecule has 12 aromatic carbocycles. The van der Waals surface area contributed by atoms with Gasteiger partial charge in [0, 0.05) is 45.9 Å². The summed E-state index contributed by atoms with van der Waals surface area (Å²) < 4.78 is 52.4. The quantitative estimate of drug-likeness (QED) is 0.0378. The van der Waals surface area contributed by atoms with E-state index in [-0.39, 0.29) is 42.1 Å². The Hall–Kier alpha value is -10.4. The number of rotatable bonds is 32. The van der Waals surface area contributed by atoms with Gasteiger partial charge in [-0.05, 0) is 256 Å². The Balaban J connectivity index is 0.000000140. The van der Waals surface area contributed by atoms with Gasteiger partial charge in [-0.25, -0.2) is 13.2 Å². The molecule has 0 aromatic heterocycles. The van der Waals surface area contributed by atoms with Crippen LogP contribution in [-0.4, -0.2) is 109 Å². The van der Waals surface area contributed by atoms with Crippen molar-refractivity contribution in [3.8, 4) is 6.07 Å². The topological polar surface area (TPSA) is 99.5 Å². The zero-order valence-corrected chi connectivity index (χ0v) is 70.8. The molecule has 0 radical (unpaired) electrons. The number of β-amino-alcohol motifs (C(OH)–C–C–N with tert-alkyl or cyclic N) is 1. The van der Waals surface area contributed by atoms with Crippen LogP contribution in [-0.2, 0) is 35.7 Å². The summed E-state index contributed by atoms with van der Waals surface area (Å²) in [5.74, 6) is 0.736. The number of hydrogen-bond donors (Lipinski definition) is 3. The van der Waals surface area contributed by atoms with E-state index in [0.29, 0.717) is 25.6 Å². The molecule has 4 saturated heterocycles. The molecule has 122 heavy (non-hydrogen) atoms. The molecule has 12 aromatic rings. The molecule has 4 heterocycles. The van der Waals surface area contributed by atoms with E-state index >= 15 is 0 Å². The molecule has 4 fully saturated rings. The minimum atomic E-state index is -0.778. The molecule has 3 N–H and O–H groups in total. The molecule has 2 unspecified atom stereocenters. The first kappa shape index (κ1) is 89.3. The second-order valence-corrected chi connectivity index (χ2v) is 33.4. The van der Waals surface area contributed by atoms with Gasteiger partial charge in [0.05, 0.1) is 29.8 Å².